The average molecular weight is 394 g/mol. The highest BCUT2D eigenvalue weighted by Gasteiger charge is 2.11. The standard InChI is InChI=1S/C13H10ClINO.ClH/c14-11-5-7-16(8-6-11)9-13(17)10-1-3-12(15)4-2-10;/h1-8H,9H2;1H/q+1;/p-1. The summed E-state index contributed by atoms with van der Waals surface area (Å²) in [7, 11) is 0. The highest BCUT2D eigenvalue weighted by molar-refractivity contribution is 14.1. The van der Waals surface area contributed by atoms with Gasteiger partial charge in [0, 0.05) is 21.3 Å². The molecule has 0 aliphatic heterocycles. The van der Waals surface area contributed by atoms with E-state index >= 15 is 0 Å². The van der Waals surface area contributed by atoms with E-state index in [1.54, 1.807) is 24.5 Å². The molecule has 2 rings (SSSR count). The molecule has 94 valence electrons. The fourth-order valence-corrected chi connectivity index (χ4v) is 1.91. The van der Waals surface area contributed by atoms with Crippen molar-refractivity contribution < 1.29 is 21.8 Å². The Morgan fingerprint density at radius 2 is 1.67 bits per heavy atom. The van der Waals surface area contributed by atoms with Crippen molar-refractivity contribution >= 4 is 40.0 Å². The molecular weight excluding hydrogens is 384 g/mol. The van der Waals surface area contributed by atoms with Crippen LogP contribution in [0.25, 0.3) is 0 Å². The lowest BCUT2D eigenvalue weighted by Crippen LogP contribution is -3.00. The maximum atomic E-state index is 12.0. The molecule has 1 aromatic heterocycles. The van der Waals surface area contributed by atoms with E-state index in [9.17, 15) is 4.79 Å². The van der Waals surface area contributed by atoms with Crippen LogP contribution in [-0.2, 0) is 6.54 Å². The number of halogens is 3. The van der Waals surface area contributed by atoms with Crippen LogP contribution in [0.4, 0.5) is 0 Å². The summed E-state index contributed by atoms with van der Waals surface area (Å²) in [6, 6.07) is 11.1. The molecule has 0 saturated heterocycles. The van der Waals surface area contributed by atoms with E-state index in [0.717, 1.165) is 9.13 Å². The zero-order valence-electron chi connectivity index (χ0n) is 9.32. The van der Waals surface area contributed by atoms with Crippen LogP contribution in [0.15, 0.2) is 48.8 Å². The van der Waals surface area contributed by atoms with E-state index in [1.165, 1.54) is 0 Å². The molecule has 0 aliphatic rings. The van der Waals surface area contributed by atoms with Gasteiger partial charge in [-0.15, -0.1) is 0 Å². The van der Waals surface area contributed by atoms with Gasteiger partial charge >= 0.3 is 0 Å². The summed E-state index contributed by atoms with van der Waals surface area (Å²) >= 11 is 8.00. The molecule has 0 atom stereocenters. The Hall–Kier alpha value is -0.650. The number of pyridine rings is 1. The summed E-state index contributed by atoms with van der Waals surface area (Å²) in [5.41, 5.74) is 0.730. The molecule has 1 aromatic carbocycles. The zero-order valence-corrected chi connectivity index (χ0v) is 13.0. The molecule has 0 unspecified atom stereocenters. The minimum absolute atomic E-state index is 0. The Morgan fingerprint density at radius 3 is 2.22 bits per heavy atom. The molecule has 0 amide bonds. The molecular formula is C13H10Cl2INO. The molecule has 0 fully saturated rings. The van der Waals surface area contributed by atoms with E-state index in [-0.39, 0.29) is 18.2 Å². The van der Waals surface area contributed by atoms with Crippen LogP contribution < -0.4 is 17.0 Å². The minimum atomic E-state index is 0. The third-order valence-corrected chi connectivity index (χ3v) is 3.31. The first-order valence-corrected chi connectivity index (χ1v) is 6.54. The van der Waals surface area contributed by atoms with Crippen LogP contribution in [0.5, 0.6) is 0 Å². The number of Topliss-reactive ketones (excluding diaryl/α,β-unsaturated/α-hetero) is 1. The SMILES string of the molecule is O=C(C[n+]1ccc(Cl)cc1)c1ccc(I)cc1.[Cl-]. The number of rotatable bonds is 3. The molecule has 0 bridgehead atoms. The Morgan fingerprint density at radius 1 is 1.11 bits per heavy atom. The van der Waals surface area contributed by atoms with E-state index < -0.39 is 0 Å². The first-order chi connectivity index (χ1) is 8.15. The van der Waals surface area contributed by atoms with Crippen LogP contribution in [-0.4, -0.2) is 5.78 Å². The second kappa shape index (κ2) is 7.07. The number of carbonyl (C=O) groups excluding carboxylic acids is 1. The second-order valence-corrected chi connectivity index (χ2v) is 5.30. The highest BCUT2D eigenvalue weighted by Crippen LogP contribution is 2.07. The quantitative estimate of drug-likeness (QED) is 0.412. The largest absolute Gasteiger partial charge is 1.00 e. The van der Waals surface area contributed by atoms with E-state index in [2.05, 4.69) is 22.6 Å². The summed E-state index contributed by atoms with van der Waals surface area (Å²) in [4.78, 5) is 12.0. The molecule has 0 radical (unpaired) electrons. The van der Waals surface area contributed by atoms with Crippen molar-refractivity contribution in [2.75, 3.05) is 0 Å². The van der Waals surface area contributed by atoms with Crippen molar-refractivity contribution in [1.29, 1.82) is 0 Å². The fourth-order valence-electron chi connectivity index (χ4n) is 1.44. The van der Waals surface area contributed by atoms with Gasteiger partial charge in [-0.2, -0.15) is 4.57 Å². The number of benzene rings is 1. The van der Waals surface area contributed by atoms with Gasteiger partial charge in [0.15, 0.2) is 12.4 Å². The Labute approximate surface area is 131 Å². The highest BCUT2D eigenvalue weighted by atomic mass is 127. The number of ketones is 1. The monoisotopic (exact) mass is 393 g/mol. The smallest absolute Gasteiger partial charge is 0.227 e. The van der Waals surface area contributed by atoms with Crippen LogP contribution in [0.1, 0.15) is 10.4 Å². The number of carbonyl (C=O) groups is 1. The second-order valence-electron chi connectivity index (χ2n) is 3.62. The Bertz CT molecular complexity index is 526. The van der Waals surface area contributed by atoms with Crippen molar-refractivity contribution in [1.82, 2.24) is 0 Å². The minimum Gasteiger partial charge on any atom is -1.00 e. The van der Waals surface area contributed by atoms with Gasteiger partial charge in [0.2, 0.25) is 12.3 Å². The van der Waals surface area contributed by atoms with Crippen molar-refractivity contribution in [3.63, 3.8) is 0 Å². The number of nitrogens with zero attached hydrogens (tertiary/aromatic N) is 1. The molecule has 1 heterocycles. The van der Waals surface area contributed by atoms with Crippen LogP contribution in [0, 0.1) is 3.57 Å². The number of hydrogen-bond acceptors (Lipinski definition) is 1. The lowest BCUT2D eigenvalue weighted by atomic mass is 10.1. The van der Waals surface area contributed by atoms with Gasteiger partial charge < -0.3 is 12.4 Å². The molecule has 2 aromatic rings. The third kappa shape index (κ3) is 4.23. The van der Waals surface area contributed by atoms with Gasteiger partial charge in [-0.3, -0.25) is 4.79 Å². The summed E-state index contributed by atoms with van der Waals surface area (Å²) in [5.74, 6) is 0.0914. The third-order valence-electron chi connectivity index (χ3n) is 2.34. The summed E-state index contributed by atoms with van der Waals surface area (Å²) in [6.07, 6.45) is 3.60. The average Bonchev–Trinajstić information content (AvgIpc) is 2.33. The van der Waals surface area contributed by atoms with Crippen molar-refractivity contribution in [3.05, 3.63) is 62.9 Å². The van der Waals surface area contributed by atoms with Gasteiger partial charge in [0.25, 0.3) is 0 Å². The summed E-state index contributed by atoms with van der Waals surface area (Å²) in [5, 5.41) is 0.669. The summed E-state index contributed by atoms with van der Waals surface area (Å²) < 4.78 is 2.94. The molecule has 18 heavy (non-hydrogen) atoms. The molecule has 0 spiro atoms. The lowest BCUT2D eigenvalue weighted by molar-refractivity contribution is -0.683. The summed E-state index contributed by atoms with van der Waals surface area (Å²) in [6.45, 7) is 0.331. The van der Waals surface area contributed by atoms with Gasteiger partial charge in [0.1, 0.15) is 0 Å². The fraction of sp³-hybridized carbons (Fsp3) is 0.0769. The van der Waals surface area contributed by atoms with Gasteiger partial charge in [-0.1, -0.05) is 23.7 Å². The molecule has 2 nitrogen and oxygen atoms in total. The molecule has 5 heteroatoms. The van der Waals surface area contributed by atoms with Crippen molar-refractivity contribution in [2.24, 2.45) is 0 Å². The van der Waals surface area contributed by atoms with Crippen LogP contribution in [0.3, 0.4) is 0 Å². The van der Waals surface area contributed by atoms with Gasteiger partial charge in [-0.25, -0.2) is 0 Å². The topological polar surface area (TPSA) is 20.9 Å². The number of hydrogen-bond donors (Lipinski definition) is 0. The normalized spacial score (nSPS) is 9.67. The van der Waals surface area contributed by atoms with Crippen LogP contribution >= 0.6 is 34.2 Å². The predicted molar refractivity (Wildman–Crippen MR) is 75.1 cm³/mol. The molecule has 0 aliphatic carbocycles. The van der Waals surface area contributed by atoms with Gasteiger partial charge in [0.05, 0.1) is 5.02 Å². The van der Waals surface area contributed by atoms with E-state index in [0.29, 0.717) is 11.6 Å². The first kappa shape index (κ1) is 15.4. The first-order valence-electron chi connectivity index (χ1n) is 5.08. The van der Waals surface area contributed by atoms with Crippen molar-refractivity contribution in [2.45, 2.75) is 6.54 Å². The van der Waals surface area contributed by atoms with Crippen molar-refractivity contribution in [3.8, 4) is 0 Å². The van der Waals surface area contributed by atoms with Crippen LogP contribution in [0.2, 0.25) is 5.02 Å². The lowest BCUT2D eigenvalue weighted by Gasteiger charge is -1.98. The van der Waals surface area contributed by atoms with E-state index in [1.807, 2.05) is 28.8 Å². The Kier molecular flexibility index (Phi) is 6.05. The zero-order chi connectivity index (χ0) is 12.3. The number of aromatic nitrogens is 1. The Balaban J connectivity index is 0.00000162. The molecule has 0 N–H and O–H groups in total. The van der Waals surface area contributed by atoms with E-state index in [4.69, 9.17) is 11.6 Å². The maximum absolute atomic E-state index is 12.0. The maximum Gasteiger partial charge on any atom is 0.227 e. The molecule has 0 saturated carbocycles. The predicted octanol–water partition coefficient (Wildman–Crippen LogP) is 0.119. The van der Waals surface area contributed by atoms with Gasteiger partial charge in [-0.05, 0) is 34.7 Å².